The molecule has 2 rings (SSSR count). The summed E-state index contributed by atoms with van der Waals surface area (Å²) in [5.74, 6) is -0.106. The molecule has 0 heterocycles. The van der Waals surface area contributed by atoms with Crippen LogP contribution in [0.5, 0.6) is 0 Å². The molecule has 4 heteroatoms. The van der Waals surface area contributed by atoms with E-state index in [1.54, 1.807) is 7.11 Å². The van der Waals surface area contributed by atoms with E-state index >= 15 is 0 Å². The van der Waals surface area contributed by atoms with Gasteiger partial charge in [-0.05, 0) is 29.9 Å². The number of carboxylic acid groups (broad SMARTS) is 1. The van der Waals surface area contributed by atoms with Crippen LogP contribution in [0.2, 0.25) is 0 Å². The van der Waals surface area contributed by atoms with Crippen molar-refractivity contribution in [2.24, 2.45) is 0 Å². The van der Waals surface area contributed by atoms with Crippen LogP contribution in [0.4, 0.5) is 0 Å². The molecule has 0 saturated heterocycles. The molecule has 0 bridgehead atoms. The minimum absolute atomic E-state index is 0.0579. The summed E-state index contributed by atoms with van der Waals surface area (Å²) in [6.45, 7) is 1.94. The lowest BCUT2D eigenvalue weighted by Crippen LogP contribution is -2.32. The van der Waals surface area contributed by atoms with Gasteiger partial charge in [-0.2, -0.15) is 0 Å². The molecule has 0 radical (unpaired) electrons. The smallest absolute Gasteiger partial charge is 0.317 e. The normalized spacial score (nSPS) is 14.8. The Hall–Kier alpha value is -1.39. The number of carboxylic acids is 1. The first-order valence-corrected chi connectivity index (χ1v) is 6.71. The molecule has 1 aliphatic rings. The Morgan fingerprint density at radius 2 is 2.16 bits per heavy atom. The Labute approximate surface area is 114 Å². The van der Waals surface area contributed by atoms with Gasteiger partial charge in [-0.3, -0.25) is 9.69 Å². The van der Waals surface area contributed by atoms with Gasteiger partial charge < -0.3 is 9.84 Å². The van der Waals surface area contributed by atoms with E-state index in [4.69, 9.17) is 9.84 Å². The summed E-state index contributed by atoms with van der Waals surface area (Å²) in [7, 11) is 1.64. The molecule has 19 heavy (non-hydrogen) atoms. The molecule has 1 aromatic carbocycles. The van der Waals surface area contributed by atoms with Crippen LogP contribution in [0.3, 0.4) is 0 Å². The molecule has 1 aromatic rings. The molecular weight excluding hydrogens is 242 g/mol. The van der Waals surface area contributed by atoms with Crippen LogP contribution < -0.4 is 0 Å². The van der Waals surface area contributed by atoms with E-state index in [2.05, 4.69) is 18.2 Å². The van der Waals surface area contributed by atoms with Crippen molar-refractivity contribution in [1.82, 2.24) is 4.90 Å². The number of nitrogens with zero attached hydrogens (tertiary/aromatic N) is 1. The lowest BCUT2D eigenvalue weighted by Gasteiger charge is -2.21. The van der Waals surface area contributed by atoms with E-state index in [1.807, 2.05) is 11.0 Å². The van der Waals surface area contributed by atoms with E-state index in [-0.39, 0.29) is 6.54 Å². The predicted octanol–water partition coefficient (Wildman–Crippen LogP) is 2.10. The fraction of sp³-hybridized carbons (Fsp3) is 0.533. The zero-order valence-corrected chi connectivity index (χ0v) is 11.3. The van der Waals surface area contributed by atoms with Crippen LogP contribution in [0.15, 0.2) is 24.3 Å². The summed E-state index contributed by atoms with van der Waals surface area (Å²) in [4.78, 5) is 12.8. The number of aliphatic carboxylic acids is 1. The van der Waals surface area contributed by atoms with Gasteiger partial charge in [0.1, 0.15) is 0 Å². The molecule has 0 spiro atoms. The molecular formula is C15H21NO3. The van der Waals surface area contributed by atoms with E-state index in [0.29, 0.717) is 25.6 Å². The highest BCUT2D eigenvalue weighted by atomic mass is 16.5. The van der Waals surface area contributed by atoms with Crippen molar-refractivity contribution in [2.45, 2.75) is 25.3 Å². The van der Waals surface area contributed by atoms with E-state index in [1.165, 1.54) is 24.0 Å². The minimum atomic E-state index is -0.792. The molecule has 0 amide bonds. The highest BCUT2D eigenvalue weighted by Crippen LogP contribution is 2.41. The van der Waals surface area contributed by atoms with Gasteiger partial charge in [-0.15, -0.1) is 0 Å². The fourth-order valence-electron chi connectivity index (χ4n) is 2.34. The topological polar surface area (TPSA) is 49.8 Å². The van der Waals surface area contributed by atoms with Crippen LogP contribution in [0.25, 0.3) is 0 Å². The van der Waals surface area contributed by atoms with Gasteiger partial charge in [0.15, 0.2) is 0 Å². The standard InChI is InChI=1S/C15H21NO3/c1-19-9-8-16(11-15(17)18)10-13-4-2-3-5-14(13)12-6-7-12/h2-5,12H,6-11H2,1H3,(H,17,18). The monoisotopic (exact) mass is 263 g/mol. The van der Waals surface area contributed by atoms with Crippen molar-refractivity contribution in [3.05, 3.63) is 35.4 Å². The maximum absolute atomic E-state index is 10.9. The molecule has 0 aliphatic heterocycles. The SMILES string of the molecule is COCCN(CC(=O)O)Cc1ccccc1C1CC1. The molecule has 0 atom stereocenters. The number of benzene rings is 1. The molecule has 1 N–H and O–H groups in total. The maximum Gasteiger partial charge on any atom is 0.317 e. The largest absolute Gasteiger partial charge is 0.480 e. The number of ether oxygens (including phenoxy) is 1. The van der Waals surface area contributed by atoms with Gasteiger partial charge in [0.25, 0.3) is 0 Å². The second-order valence-electron chi connectivity index (χ2n) is 5.07. The zero-order chi connectivity index (χ0) is 13.7. The van der Waals surface area contributed by atoms with Crippen molar-refractivity contribution in [3.8, 4) is 0 Å². The molecule has 104 valence electrons. The van der Waals surface area contributed by atoms with E-state index in [9.17, 15) is 4.79 Å². The Bertz CT molecular complexity index is 429. The molecule has 1 saturated carbocycles. The van der Waals surface area contributed by atoms with Crippen LogP contribution in [0, 0.1) is 0 Å². The van der Waals surface area contributed by atoms with Crippen LogP contribution in [-0.2, 0) is 16.1 Å². The molecule has 1 fully saturated rings. The van der Waals surface area contributed by atoms with Gasteiger partial charge in [-0.25, -0.2) is 0 Å². The maximum atomic E-state index is 10.9. The van der Waals surface area contributed by atoms with Crippen molar-refractivity contribution >= 4 is 5.97 Å². The number of hydrogen-bond acceptors (Lipinski definition) is 3. The quantitative estimate of drug-likeness (QED) is 0.780. The van der Waals surface area contributed by atoms with Gasteiger partial charge in [0, 0.05) is 20.2 Å². The Morgan fingerprint density at radius 1 is 1.42 bits per heavy atom. The molecule has 4 nitrogen and oxygen atoms in total. The van der Waals surface area contributed by atoms with Gasteiger partial charge >= 0.3 is 5.97 Å². The van der Waals surface area contributed by atoms with Crippen molar-refractivity contribution in [2.75, 3.05) is 26.8 Å². The lowest BCUT2D eigenvalue weighted by atomic mass is 10.0. The first kappa shape index (κ1) is 14.0. The molecule has 0 unspecified atom stereocenters. The van der Waals surface area contributed by atoms with Crippen LogP contribution in [-0.4, -0.2) is 42.8 Å². The average Bonchev–Trinajstić information content (AvgIpc) is 3.20. The van der Waals surface area contributed by atoms with Gasteiger partial charge in [0.2, 0.25) is 0 Å². The van der Waals surface area contributed by atoms with E-state index < -0.39 is 5.97 Å². The average molecular weight is 263 g/mol. The molecule has 1 aliphatic carbocycles. The van der Waals surface area contributed by atoms with Crippen molar-refractivity contribution in [1.29, 1.82) is 0 Å². The first-order chi connectivity index (χ1) is 9.20. The third-order valence-electron chi connectivity index (χ3n) is 3.44. The summed E-state index contributed by atoms with van der Waals surface area (Å²) in [5, 5.41) is 8.97. The predicted molar refractivity (Wildman–Crippen MR) is 73.2 cm³/mol. The number of carbonyl (C=O) groups is 1. The second kappa shape index (κ2) is 6.68. The summed E-state index contributed by atoms with van der Waals surface area (Å²) in [6.07, 6.45) is 2.52. The Morgan fingerprint density at radius 3 is 2.79 bits per heavy atom. The first-order valence-electron chi connectivity index (χ1n) is 6.71. The summed E-state index contributed by atoms with van der Waals surface area (Å²) in [5.41, 5.74) is 2.64. The summed E-state index contributed by atoms with van der Waals surface area (Å²) in [6, 6.07) is 8.36. The fourth-order valence-corrected chi connectivity index (χ4v) is 2.34. The van der Waals surface area contributed by atoms with Crippen molar-refractivity contribution in [3.63, 3.8) is 0 Å². The molecule has 0 aromatic heterocycles. The third-order valence-corrected chi connectivity index (χ3v) is 3.44. The van der Waals surface area contributed by atoms with Crippen molar-refractivity contribution < 1.29 is 14.6 Å². The summed E-state index contributed by atoms with van der Waals surface area (Å²) < 4.78 is 5.05. The minimum Gasteiger partial charge on any atom is -0.480 e. The van der Waals surface area contributed by atoms with Crippen LogP contribution in [0.1, 0.15) is 29.9 Å². The highest BCUT2D eigenvalue weighted by Gasteiger charge is 2.26. The van der Waals surface area contributed by atoms with E-state index in [0.717, 1.165) is 0 Å². The van der Waals surface area contributed by atoms with Crippen LogP contribution >= 0.6 is 0 Å². The second-order valence-corrected chi connectivity index (χ2v) is 5.07. The third kappa shape index (κ3) is 4.33. The highest BCUT2D eigenvalue weighted by molar-refractivity contribution is 5.69. The zero-order valence-electron chi connectivity index (χ0n) is 11.3. The summed E-state index contributed by atoms with van der Waals surface area (Å²) >= 11 is 0. The number of rotatable bonds is 8. The Kier molecular flexibility index (Phi) is 4.93. The van der Waals surface area contributed by atoms with Gasteiger partial charge in [0.05, 0.1) is 13.2 Å². The van der Waals surface area contributed by atoms with Gasteiger partial charge in [-0.1, -0.05) is 24.3 Å². The number of methoxy groups -OCH3 is 1. The lowest BCUT2D eigenvalue weighted by molar-refractivity contribution is -0.138. The number of hydrogen-bond donors (Lipinski definition) is 1. The Balaban J connectivity index is 2.04.